The molecule has 0 spiro atoms. The fourth-order valence-electron chi connectivity index (χ4n) is 2.76. The van der Waals surface area contributed by atoms with Crippen molar-refractivity contribution in [2.24, 2.45) is 0 Å². The van der Waals surface area contributed by atoms with Crippen molar-refractivity contribution in [3.05, 3.63) is 56.7 Å². The molecule has 0 saturated carbocycles. The number of amides is 1. The Morgan fingerprint density at radius 1 is 1.38 bits per heavy atom. The Kier molecular flexibility index (Phi) is 3.90. The van der Waals surface area contributed by atoms with E-state index >= 15 is 0 Å². The van der Waals surface area contributed by atoms with Gasteiger partial charge in [-0.15, -0.1) is 22.7 Å². The van der Waals surface area contributed by atoms with Crippen LogP contribution in [0.1, 0.15) is 25.9 Å². The third-order valence-corrected chi connectivity index (χ3v) is 6.08. The van der Waals surface area contributed by atoms with Crippen LogP contribution in [-0.2, 0) is 13.0 Å². The van der Waals surface area contributed by atoms with Crippen LogP contribution in [0.3, 0.4) is 0 Å². The van der Waals surface area contributed by atoms with E-state index in [1.807, 2.05) is 17.9 Å². The third kappa shape index (κ3) is 2.74. The third-order valence-electron chi connectivity index (χ3n) is 4.03. The fraction of sp³-hybridized carbons (Fsp3) is 0.235. The summed E-state index contributed by atoms with van der Waals surface area (Å²) in [6, 6.07) is 6.47. The maximum Gasteiger partial charge on any atom is 0.266 e. The second-order valence-electron chi connectivity index (χ2n) is 5.64. The molecule has 0 radical (unpaired) electrons. The lowest BCUT2D eigenvalue weighted by Crippen LogP contribution is -2.35. The normalized spacial score (nSPS) is 13.8. The van der Waals surface area contributed by atoms with Crippen LogP contribution in [0.5, 0.6) is 0 Å². The Bertz CT molecular complexity index is 918. The van der Waals surface area contributed by atoms with Crippen molar-refractivity contribution in [1.82, 2.24) is 14.9 Å². The summed E-state index contributed by atoms with van der Waals surface area (Å²) in [6.07, 6.45) is 0.727. The Labute approximate surface area is 146 Å². The minimum Gasteiger partial charge on any atom is -0.332 e. The maximum atomic E-state index is 13.4. The van der Waals surface area contributed by atoms with E-state index in [0.29, 0.717) is 18.0 Å². The molecule has 1 aliphatic heterocycles. The standard InChI is InChI=1S/C17H14FN3OS2/c1-10-15(23-9-19-10)17(22)21-6-5-13-14(8-21)24-16(20-13)11-3-2-4-12(18)7-11/h2-4,7,9H,5-6,8H2,1H3. The quantitative estimate of drug-likeness (QED) is 0.697. The highest BCUT2D eigenvalue weighted by Gasteiger charge is 2.26. The maximum absolute atomic E-state index is 13.4. The molecule has 3 heterocycles. The molecular formula is C17H14FN3OS2. The first kappa shape index (κ1) is 15.4. The van der Waals surface area contributed by atoms with Gasteiger partial charge in [-0.05, 0) is 19.1 Å². The fourth-order valence-corrected chi connectivity index (χ4v) is 4.65. The minimum atomic E-state index is -0.266. The van der Waals surface area contributed by atoms with Gasteiger partial charge in [0.2, 0.25) is 0 Å². The van der Waals surface area contributed by atoms with Gasteiger partial charge >= 0.3 is 0 Å². The predicted octanol–water partition coefficient (Wildman–Crippen LogP) is 3.91. The summed E-state index contributed by atoms with van der Waals surface area (Å²) in [5, 5.41) is 0.808. The lowest BCUT2D eigenvalue weighted by molar-refractivity contribution is 0.0740. The average Bonchev–Trinajstić information content (AvgIpc) is 3.19. The molecule has 7 heteroatoms. The molecule has 0 bridgehead atoms. The molecule has 0 unspecified atom stereocenters. The van der Waals surface area contributed by atoms with Crippen LogP contribution in [0.2, 0.25) is 0 Å². The monoisotopic (exact) mass is 359 g/mol. The van der Waals surface area contributed by atoms with E-state index in [1.54, 1.807) is 11.6 Å². The molecule has 0 fully saturated rings. The Hall–Kier alpha value is -2.12. The average molecular weight is 359 g/mol. The Morgan fingerprint density at radius 2 is 2.25 bits per heavy atom. The Morgan fingerprint density at radius 3 is 3.00 bits per heavy atom. The van der Waals surface area contributed by atoms with Crippen molar-refractivity contribution in [3.63, 3.8) is 0 Å². The van der Waals surface area contributed by atoms with Crippen molar-refractivity contribution in [2.75, 3.05) is 6.54 Å². The summed E-state index contributed by atoms with van der Waals surface area (Å²) in [7, 11) is 0. The summed E-state index contributed by atoms with van der Waals surface area (Å²) in [5.74, 6) is -0.237. The van der Waals surface area contributed by atoms with Gasteiger partial charge in [0, 0.05) is 23.4 Å². The summed E-state index contributed by atoms with van der Waals surface area (Å²) >= 11 is 2.92. The van der Waals surface area contributed by atoms with Gasteiger partial charge in [0.25, 0.3) is 5.91 Å². The molecule has 2 aromatic heterocycles. The molecule has 4 rings (SSSR count). The van der Waals surface area contributed by atoms with E-state index in [0.717, 1.165) is 33.3 Å². The van der Waals surface area contributed by atoms with E-state index in [1.165, 1.54) is 34.8 Å². The van der Waals surface area contributed by atoms with E-state index in [2.05, 4.69) is 9.97 Å². The smallest absolute Gasteiger partial charge is 0.266 e. The van der Waals surface area contributed by atoms with Crippen LogP contribution < -0.4 is 0 Å². The van der Waals surface area contributed by atoms with Gasteiger partial charge < -0.3 is 4.90 Å². The van der Waals surface area contributed by atoms with Gasteiger partial charge in [0.15, 0.2) is 0 Å². The first-order valence-corrected chi connectivity index (χ1v) is 9.25. The van der Waals surface area contributed by atoms with Gasteiger partial charge in [0.05, 0.1) is 23.4 Å². The van der Waals surface area contributed by atoms with Crippen LogP contribution >= 0.6 is 22.7 Å². The molecular weight excluding hydrogens is 345 g/mol. The second kappa shape index (κ2) is 6.07. The largest absolute Gasteiger partial charge is 0.332 e. The zero-order valence-electron chi connectivity index (χ0n) is 13.0. The number of hydrogen-bond donors (Lipinski definition) is 0. The second-order valence-corrected chi connectivity index (χ2v) is 7.58. The molecule has 3 aromatic rings. The number of carbonyl (C=O) groups is 1. The first-order chi connectivity index (χ1) is 11.6. The molecule has 1 aliphatic rings. The molecule has 1 aromatic carbocycles. The Balaban J connectivity index is 1.60. The molecule has 24 heavy (non-hydrogen) atoms. The topological polar surface area (TPSA) is 46.1 Å². The molecule has 0 saturated heterocycles. The number of rotatable bonds is 2. The number of aromatic nitrogens is 2. The number of thiazole rings is 2. The highest BCUT2D eigenvalue weighted by Crippen LogP contribution is 2.32. The lowest BCUT2D eigenvalue weighted by Gasteiger charge is -2.25. The molecule has 4 nitrogen and oxygen atoms in total. The van der Waals surface area contributed by atoms with Gasteiger partial charge in [0.1, 0.15) is 15.7 Å². The molecule has 0 N–H and O–H groups in total. The van der Waals surface area contributed by atoms with Gasteiger partial charge in [-0.25, -0.2) is 14.4 Å². The summed E-state index contributed by atoms with van der Waals surface area (Å²) in [6.45, 7) is 3.06. The predicted molar refractivity (Wildman–Crippen MR) is 92.8 cm³/mol. The molecule has 1 amide bonds. The SMILES string of the molecule is Cc1ncsc1C(=O)N1CCc2nc(-c3cccc(F)c3)sc2C1. The van der Waals surface area contributed by atoms with Gasteiger partial charge in [-0.1, -0.05) is 12.1 Å². The van der Waals surface area contributed by atoms with E-state index in [9.17, 15) is 9.18 Å². The van der Waals surface area contributed by atoms with E-state index < -0.39 is 0 Å². The van der Waals surface area contributed by atoms with Crippen LogP contribution in [0, 0.1) is 12.7 Å². The summed E-state index contributed by atoms with van der Waals surface area (Å²) in [4.78, 5) is 25.1. The highest BCUT2D eigenvalue weighted by molar-refractivity contribution is 7.15. The number of hydrogen-bond acceptors (Lipinski definition) is 5. The summed E-state index contributed by atoms with van der Waals surface area (Å²) in [5.41, 5.74) is 4.28. The van der Waals surface area contributed by atoms with Crippen molar-refractivity contribution in [1.29, 1.82) is 0 Å². The van der Waals surface area contributed by atoms with Crippen molar-refractivity contribution < 1.29 is 9.18 Å². The molecule has 0 aliphatic carbocycles. The zero-order valence-corrected chi connectivity index (χ0v) is 14.6. The lowest BCUT2D eigenvalue weighted by atomic mass is 10.1. The van der Waals surface area contributed by atoms with Crippen LogP contribution in [-0.4, -0.2) is 27.3 Å². The number of halogens is 1. The van der Waals surface area contributed by atoms with E-state index in [4.69, 9.17) is 0 Å². The highest BCUT2D eigenvalue weighted by atomic mass is 32.1. The van der Waals surface area contributed by atoms with Crippen LogP contribution in [0.25, 0.3) is 10.6 Å². The first-order valence-electron chi connectivity index (χ1n) is 7.55. The number of nitrogens with zero attached hydrogens (tertiary/aromatic N) is 3. The zero-order chi connectivity index (χ0) is 16.7. The molecule has 122 valence electrons. The van der Waals surface area contributed by atoms with Crippen molar-refractivity contribution in [2.45, 2.75) is 19.9 Å². The number of benzene rings is 1. The van der Waals surface area contributed by atoms with Crippen molar-refractivity contribution in [3.8, 4) is 10.6 Å². The molecule has 0 atom stereocenters. The number of fused-ring (bicyclic) bond motifs is 1. The number of aryl methyl sites for hydroxylation is 1. The summed E-state index contributed by atoms with van der Waals surface area (Å²) < 4.78 is 13.4. The van der Waals surface area contributed by atoms with Crippen LogP contribution in [0.4, 0.5) is 4.39 Å². The van der Waals surface area contributed by atoms with Crippen LogP contribution in [0.15, 0.2) is 29.8 Å². The van der Waals surface area contributed by atoms with Gasteiger partial charge in [-0.3, -0.25) is 4.79 Å². The number of carbonyl (C=O) groups excluding carboxylic acids is 1. The van der Waals surface area contributed by atoms with Gasteiger partial charge in [-0.2, -0.15) is 0 Å². The minimum absolute atomic E-state index is 0.0290. The van der Waals surface area contributed by atoms with E-state index in [-0.39, 0.29) is 11.7 Å². The van der Waals surface area contributed by atoms with Crippen molar-refractivity contribution >= 4 is 28.6 Å².